The van der Waals surface area contributed by atoms with Crippen molar-refractivity contribution < 1.29 is 83.4 Å². The van der Waals surface area contributed by atoms with Crippen LogP contribution in [0.15, 0.2) is 29.2 Å². The Hall–Kier alpha value is -6.17. The number of carbonyl (C=O) groups is 8. The van der Waals surface area contributed by atoms with E-state index in [9.17, 15) is 59.7 Å². The maximum absolute atomic E-state index is 14.0. The lowest BCUT2D eigenvalue weighted by Crippen LogP contribution is -2.50. The molecule has 0 unspecified atom stereocenters. The lowest BCUT2D eigenvalue weighted by molar-refractivity contribution is -0.163. The zero-order chi connectivity index (χ0) is 70.4. The molecule has 2 heterocycles. The van der Waals surface area contributed by atoms with Crippen molar-refractivity contribution >= 4 is 67.5 Å². The topological polar surface area (TPSA) is 342 Å². The number of nitrogens with one attached hydrogen (secondary N) is 4. The summed E-state index contributed by atoms with van der Waals surface area (Å²) in [5.74, 6) is -5.56. The monoisotopic (exact) mass is 1360 g/mol. The van der Waals surface area contributed by atoms with Gasteiger partial charge in [0.25, 0.3) is 10.1 Å². The summed E-state index contributed by atoms with van der Waals surface area (Å²) in [7, 11) is -9.19. The second-order valence-corrected chi connectivity index (χ2v) is 31.5. The highest BCUT2D eigenvalue weighted by Gasteiger charge is 2.36. The highest BCUT2D eigenvalue weighted by molar-refractivity contribution is 7.89. The van der Waals surface area contributed by atoms with Crippen molar-refractivity contribution in [2.45, 2.75) is 232 Å². The smallest absolute Gasteiger partial charge is 0.326 e. The minimum Gasteiger partial charge on any atom is -0.494 e. The van der Waals surface area contributed by atoms with Crippen LogP contribution in [0.2, 0.25) is 0 Å². The van der Waals surface area contributed by atoms with Crippen molar-refractivity contribution in [2.75, 3.05) is 77.8 Å². The van der Waals surface area contributed by atoms with Crippen molar-refractivity contribution in [1.29, 1.82) is 0 Å². The Bertz CT molecular complexity index is 3090. The second kappa shape index (κ2) is 36.3. The Morgan fingerprint density at radius 1 is 0.606 bits per heavy atom. The van der Waals surface area contributed by atoms with Crippen LogP contribution in [-0.2, 0) is 96.7 Å². The number of Topliss-reactive ketones (excluding diaryl/α,β-unsaturated/α-hetero) is 1. The fraction of sp³-hybridized carbons (Fsp3) is 0.712. The van der Waals surface area contributed by atoms with Gasteiger partial charge in [0, 0.05) is 89.4 Å². The number of hydrogen-bond acceptors (Lipinski definition) is 21. The second-order valence-electron chi connectivity index (χ2n) is 28.3. The first kappa shape index (κ1) is 80.3. The first-order chi connectivity index (χ1) is 43.5. The Morgan fingerprint density at radius 2 is 1.14 bits per heavy atom. The quantitative estimate of drug-likeness (QED) is 0.0266. The van der Waals surface area contributed by atoms with Crippen LogP contribution >= 0.6 is 0 Å². The van der Waals surface area contributed by atoms with Crippen LogP contribution in [0.1, 0.15) is 182 Å². The van der Waals surface area contributed by atoms with Gasteiger partial charge in [0.2, 0.25) is 27.7 Å². The number of sulfonamides is 1. The van der Waals surface area contributed by atoms with Crippen molar-refractivity contribution in [3.05, 3.63) is 52.3 Å². The molecule has 4 rings (SSSR count). The molecule has 1 aromatic carbocycles. The summed E-state index contributed by atoms with van der Waals surface area (Å²) in [4.78, 5) is 117. The van der Waals surface area contributed by atoms with Gasteiger partial charge in [-0.15, -0.1) is 0 Å². The van der Waals surface area contributed by atoms with Crippen LogP contribution in [0.4, 0.5) is 0 Å². The van der Waals surface area contributed by atoms with Gasteiger partial charge in [-0.3, -0.25) is 62.6 Å². The van der Waals surface area contributed by atoms with E-state index in [1.54, 1.807) is 102 Å². The Labute approximate surface area is 556 Å². The molecule has 3 amide bonds. The van der Waals surface area contributed by atoms with Crippen LogP contribution in [0.3, 0.4) is 0 Å². The largest absolute Gasteiger partial charge is 0.494 e. The molecule has 1 aromatic heterocycles. The first-order valence-corrected chi connectivity index (χ1v) is 35.8. The van der Waals surface area contributed by atoms with Crippen LogP contribution in [-0.4, -0.2) is 207 Å². The number of nitrogens with zero attached hydrogens (tertiary/aromatic N) is 4. The van der Waals surface area contributed by atoms with Crippen LogP contribution < -0.4 is 25.4 Å². The molecular formula is C66H106N8O18S2. The van der Waals surface area contributed by atoms with Gasteiger partial charge >= 0.3 is 23.9 Å². The number of hydrogen-bond donors (Lipinski definition) is 5. The molecular weight excluding hydrogens is 1260 g/mol. The molecule has 530 valence electrons. The van der Waals surface area contributed by atoms with Gasteiger partial charge < -0.3 is 39.6 Å². The summed E-state index contributed by atoms with van der Waals surface area (Å²) in [6, 6.07) is 3.01. The van der Waals surface area contributed by atoms with E-state index in [-0.39, 0.29) is 115 Å². The highest BCUT2D eigenvalue weighted by atomic mass is 32.2. The van der Waals surface area contributed by atoms with Crippen molar-refractivity contribution in [2.24, 2.45) is 0 Å². The number of rotatable bonds is 33. The SMILES string of the molecule is Cc1cc(OCCCC(=O)NCCCC(=O)[C@H](CS(=O)(=O)O)NC(=O)CC[C@H](C(=O)OC(C)(C)C)N2CCN(CC(=O)OC(C)(C)C)CCN(CC(=O)OC(C)(C)C)CC2)cc(C)c1S(=O)(=O)N[C@@H](CNC(=O)CCCCc1ccc2c(n1)CCCC2)C(=O)OC(C)(C)C. The molecule has 5 N–H and O–H groups in total. The Balaban J connectivity index is 1.30. The van der Waals surface area contributed by atoms with Gasteiger partial charge in [-0.2, -0.15) is 13.1 Å². The van der Waals surface area contributed by atoms with E-state index in [2.05, 4.69) is 26.7 Å². The average molecular weight is 1360 g/mol. The van der Waals surface area contributed by atoms with Gasteiger partial charge in [-0.05, 0) is 196 Å². The van der Waals surface area contributed by atoms with Crippen LogP contribution in [0.5, 0.6) is 5.75 Å². The standard InChI is InChI=1S/C66H106N8O18S2/c1-45-39-49(40-46(2)60(45)94(86,87)71-51(61(81)91-65(9,10)11)41-68-56(77)25-18-16-22-48-28-27-47-21-15-17-23-50(47)69-48)88-38-20-26-55(76)67-31-19-24-54(75)52(44-93(83,84)85)70-57(78)30-29-53(62(82)92-66(12,13)14)74-36-34-72(42-58(79)89-63(3,4)5)32-33-73(35-37-74)43-59(80)90-64(6,7)8/h27-28,39-40,51-53,71H,15-26,29-38,41-44H2,1-14H3,(H,67,76)(H,68,77)(H,70,78)(H,83,84,85)/t51-,52-,53+/m0/s1. The third-order valence-electron chi connectivity index (χ3n) is 14.8. The number of aromatic nitrogens is 1. The number of esters is 4. The van der Waals surface area contributed by atoms with E-state index in [1.165, 1.54) is 24.1 Å². The molecule has 0 spiro atoms. The summed E-state index contributed by atoms with van der Waals surface area (Å²) in [6.07, 6.45) is 5.92. The maximum atomic E-state index is 14.0. The summed E-state index contributed by atoms with van der Waals surface area (Å²) in [6.45, 7) is 24.9. The molecule has 26 nitrogen and oxygen atoms in total. The van der Waals surface area contributed by atoms with E-state index in [0.29, 0.717) is 36.4 Å². The Kier molecular flexibility index (Phi) is 31.0. The predicted molar refractivity (Wildman–Crippen MR) is 353 cm³/mol. The zero-order valence-electron chi connectivity index (χ0n) is 57.9. The number of pyridine rings is 1. The van der Waals surface area contributed by atoms with E-state index < -0.39 is 108 Å². The molecule has 94 heavy (non-hydrogen) atoms. The first-order valence-electron chi connectivity index (χ1n) is 32.7. The number of ether oxygens (including phenoxy) is 5. The van der Waals surface area contributed by atoms with E-state index >= 15 is 0 Å². The van der Waals surface area contributed by atoms with Crippen molar-refractivity contribution in [3.8, 4) is 5.75 Å². The summed E-state index contributed by atoms with van der Waals surface area (Å²) < 4.78 is 93.1. The number of unbranched alkanes of at least 4 members (excludes halogenated alkanes) is 1. The van der Waals surface area contributed by atoms with E-state index in [4.69, 9.17) is 28.7 Å². The molecule has 0 saturated carbocycles. The summed E-state index contributed by atoms with van der Waals surface area (Å²) >= 11 is 0. The summed E-state index contributed by atoms with van der Waals surface area (Å²) in [5, 5.41) is 7.81. The van der Waals surface area contributed by atoms with Crippen molar-refractivity contribution in [3.63, 3.8) is 0 Å². The average Bonchev–Trinajstić information content (AvgIpc) is 0.840. The number of aryl methyl sites for hydroxylation is 5. The molecule has 1 saturated heterocycles. The molecule has 1 aliphatic carbocycles. The lowest BCUT2D eigenvalue weighted by Gasteiger charge is -2.34. The number of benzene rings is 1. The predicted octanol–water partition coefficient (Wildman–Crippen LogP) is 5.19. The van der Waals surface area contributed by atoms with Crippen LogP contribution in [0.25, 0.3) is 0 Å². The van der Waals surface area contributed by atoms with E-state index in [1.807, 2.05) is 15.9 Å². The highest BCUT2D eigenvalue weighted by Crippen LogP contribution is 2.27. The number of ketones is 1. The lowest BCUT2D eigenvalue weighted by atomic mass is 9.95. The van der Waals surface area contributed by atoms with Gasteiger partial charge in [-0.25, -0.2) is 8.42 Å². The zero-order valence-corrected chi connectivity index (χ0v) is 59.6. The molecule has 1 aliphatic heterocycles. The number of fused-ring (bicyclic) bond motifs is 1. The van der Waals surface area contributed by atoms with Gasteiger partial charge in [-0.1, -0.05) is 6.07 Å². The third kappa shape index (κ3) is 31.6. The molecule has 0 radical (unpaired) electrons. The van der Waals surface area contributed by atoms with Gasteiger partial charge in [0.05, 0.1) is 24.6 Å². The fourth-order valence-corrected chi connectivity index (χ4v) is 13.1. The normalized spacial score (nSPS) is 15.9. The van der Waals surface area contributed by atoms with Crippen LogP contribution in [0, 0.1) is 13.8 Å². The maximum Gasteiger partial charge on any atom is 0.326 e. The summed E-state index contributed by atoms with van der Waals surface area (Å²) in [5.41, 5.74) is 0.646. The van der Waals surface area contributed by atoms with Crippen molar-refractivity contribution in [1.82, 2.24) is 40.4 Å². The minimum atomic E-state index is -4.81. The molecule has 2 aliphatic rings. The number of amides is 3. The fourth-order valence-electron chi connectivity index (χ4n) is 10.7. The number of carbonyl (C=O) groups excluding carboxylic acids is 8. The van der Waals surface area contributed by atoms with E-state index in [0.717, 1.165) is 43.5 Å². The molecule has 28 heteroatoms. The van der Waals surface area contributed by atoms with Gasteiger partial charge in [0.15, 0.2) is 5.78 Å². The van der Waals surface area contributed by atoms with Gasteiger partial charge in [0.1, 0.15) is 52.0 Å². The minimum absolute atomic E-state index is 0.00462. The Morgan fingerprint density at radius 3 is 1.70 bits per heavy atom. The third-order valence-corrected chi connectivity index (χ3v) is 17.3. The molecule has 3 atom stereocenters. The molecule has 1 fully saturated rings. The molecule has 0 bridgehead atoms. The molecule has 2 aromatic rings.